The summed E-state index contributed by atoms with van der Waals surface area (Å²) in [5, 5.41) is 10.00. The van der Waals surface area contributed by atoms with Gasteiger partial charge in [-0.25, -0.2) is 9.78 Å². The van der Waals surface area contributed by atoms with Crippen molar-refractivity contribution in [1.82, 2.24) is 20.1 Å². The second kappa shape index (κ2) is 8.86. The van der Waals surface area contributed by atoms with Gasteiger partial charge in [0.15, 0.2) is 17.3 Å². The van der Waals surface area contributed by atoms with Crippen LogP contribution in [0.1, 0.15) is 29.2 Å². The van der Waals surface area contributed by atoms with Gasteiger partial charge in [0.2, 0.25) is 0 Å². The number of hydrogen-bond donors (Lipinski definition) is 2. The standard InChI is InChI=1S/C22H25N5O3/c1-15-23-20(26-25-15)13-16-7-9-18(10-8-16)24-22(28)27-11-4-12-30-21-17(14-27)5-3-6-19(21)29-2/h3,5-10H,4,11-14H2,1-2H3,(H,24,28)(H,23,25,26). The number of aromatic nitrogens is 3. The molecule has 2 amide bonds. The first kappa shape index (κ1) is 19.8. The van der Waals surface area contributed by atoms with Gasteiger partial charge in [-0.15, -0.1) is 0 Å². The minimum absolute atomic E-state index is 0.136. The van der Waals surface area contributed by atoms with Gasteiger partial charge in [-0.05, 0) is 37.1 Å². The highest BCUT2D eigenvalue weighted by atomic mass is 16.5. The van der Waals surface area contributed by atoms with Gasteiger partial charge in [-0.2, -0.15) is 5.10 Å². The second-order valence-corrected chi connectivity index (χ2v) is 7.21. The van der Waals surface area contributed by atoms with E-state index in [-0.39, 0.29) is 6.03 Å². The topological polar surface area (TPSA) is 92.4 Å². The zero-order valence-corrected chi connectivity index (χ0v) is 17.1. The smallest absolute Gasteiger partial charge is 0.322 e. The Morgan fingerprint density at radius 3 is 2.83 bits per heavy atom. The highest BCUT2D eigenvalue weighted by Gasteiger charge is 2.21. The second-order valence-electron chi connectivity index (χ2n) is 7.21. The average Bonchev–Trinajstić information content (AvgIpc) is 3.14. The number of para-hydroxylation sites is 1. The number of benzene rings is 2. The number of aryl methyl sites for hydroxylation is 1. The number of hydrogen-bond acceptors (Lipinski definition) is 5. The third-order valence-corrected chi connectivity index (χ3v) is 4.96. The van der Waals surface area contributed by atoms with Gasteiger partial charge in [0.05, 0.1) is 20.3 Å². The molecule has 0 spiro atoms. The molecular formula is C22H25N5O3. The minimum Gasteiger partial charge on any atom is -0.493 e. The molecule has 2 heterocycles. The Balaban J connectivity index is 1.42. The molecule has 2 aromatic carbocycles. The molecule has 1 aliphatic heterocycles. The summed E-state index contributed by atoms with van der Waals surface area (Å²) >= 11 is 0. The van der Waals surface area contributed by atoms with Crippen LogP contribution in [0.15, 0.2) is 42.5 Å². The highest BCUT2D eigenvalue weighted by Crippen LogP contribution is 2.33. The van der Waals surface area contributed by atoms with E-state index in [1.54, 1.807) is 12.0 Å². The predicted molar refractivity (Wildman–Crippen MR) is 113 cm³/mol. The Labute approximate surface area is 175 Å². The van der Waals surface area contributed by atoms with Crippen molar-refractivity contribution in [2.24, 2.45) is 0 Å². The van der Waals surface area contributed by atoms with E-state index in [9.17, 15) is 4.79 Å². The molecule has 0 saturated heterocycles. The summed E-state index contributed by atoms with van der Waals surface area (Å²) in [6.45, 7) is 3.48. The lowest BCUT2D eigenvalue weighted by Crippen LogP contribution is -2.37. The van der Waals surface area contributed by atoms with E-state index < -0.39 is 0 Å². The van der Waals surface area contributed by atoms with Crippen LogP contribution in [0.3, 0.4) is 0 Å². The van der Waals surface area contributed by atoms with Crippen LogP contribution >= 0.6 is 0 Å². The molecule has 3 aromatic rings. The molecule has 0 unspecified atom stereocenters. The molecule has 0 saturated carbocycles. The molecule has 30 heavy (non-hydrogen) atoms. The maximum Gasteiger partial charge on any atom is 0.322 e. The van der Waals surface area contributed by atoms with E-state index in [0.717, 1.165) is 34.9 Å². The van der Waals surface area contributed by atoms with Gasteiger partial charge in [0.25, 0.3) is 0 Å². The Morgan fingerprint density at radius 1 is 1.27 bits per heavy atom. The maximum atomic E-state index is 12.9. The number of carbonyl (C=O) groups excluding carboxylic acids is 1. The van der Waals surface area contributed by atoms with Crippen LogP contribution in [0.2, 0.25) is 0 Å². The van der Waals surface area contributed by atoms with Crippen molar-refractivity contribution in [1.29, 1.82) is 0 Å². The third kappa shape index (κ3) is 4.53. The summed E-state index contributed by atoms with van der Waals surface area (Å²) < 4.78 is 11.3. The fourth-order valence-electron chi connectivity index (χ4n) is 3.46. The van der Waals surface area contributed by atoms with Crippen LogP contribution in [0.5, 0.6) is 11.5 Å². The Morgan fingerprint density at radius 2 is 2.10 bits per heavy atom. The van der Waals surface area contributed by atoms with Crippen molar-refractivity contribution >= 4 is 11.7 Å². The molecule has 0 radical (unpaired) electrons. The minimum atomic E-state index is -0.136. The number of rotatable bonds is 4. The number of urea groups is 1. The predicted octanol–water partition coefficient (Wildman–Crippen LogP) is 3.53. The molecule has 1 aliphatic rings. The van der Waals surface area contributed by atoms with Crippen LogP contribution in [-0.4, -0.2) is 46.4 Å². The Hall–Kier alpha value is -3.55. The van der Waals surface area contributed by atoms with Gasteiger partial charge < -0.3 is 19.7 Å². The SMILES string of the molecule is COc1cccc2c1OCCCN(C(=O)Nc1ccc(Cc3n[nH]c(C)n3)cc1)C2. The summed E-state index contributed by atoms with van der Waals surface area (Å²) in [6.07, 6.45) is 1.39. The molecule has 4 rings (SSSR count). The lowest BCUT2D eigenvalue weighted by atomic mass is 10.1. The molecule has 0 bridgehead atoms. The molecule has 8 nitrogen and oxygen atoms in total. The third-order valence-electron chi connectivity index (χ3n) is 4.96. The van der Waals surface area contributed by atoms with Crippen LogP contribution in [0.4, 0.5) is 10.5 Å². The fraction of sp³-hybridized carbons (Fsp3) is 0.318. The number of H-pyrrole nitrogens is 1. The lowest BCUT2D eigenvalue weighted by molar-refractivity contribution is 0.191. The molecule has 8 heteroatoms. The zero-order chi connectivity index (χ0) is 20.9. The fourth-order valence-corrected chi connectivity index (χ4v) is 3.46. The Bertz CT molecular complexity index is 1020. The summed E-state index contributed by atoms with van der Waals surface area (Å²) in [7, 11) is 1.62. The van der Waals surface area contributed by atoms with Crippen LogP contribution < -0.4 is 14.8 Å². The summed E-state index contributed by atoms with van der Waals surface area (Å²) in [5.74, 6) is 2.95. The normalized spacial score (nSPS) is 13.6. The monoisotopic (exact) mass is 407 g/mol. The average molecular weight is 407 g/mol. The number of carbonyl (C=O) groups is 1. The first-order chi connectivity index (χ1) is 14.6. The van der Waals surface area contributed by atoms with Crippen LogP contribution in [-0.2, 0) is 13.0 Å². The quantitative estimate of drug-likeness (QED) is 0.690. The lowest BCUT2D eigenvalue weighted by Gasteiger charge is -2.27. The van der Waals surface area contributed by atoms with E-state index in [1.165, 1.54) is 0 Å². The molecule has 2 N–H and O–H groups in total. The van der Waals surface area contributed by atoms with Gasteiger partial charge in [0, 0.05) is 24.2 Å². The molecule has 0 fully saturated rings. The molecule has 156 valence electrons. The zero-order valence-electron chi connectivity index (χ0n) is 17.1. The largest absolute Gasteiger partial charge is 0.493 e. The van der Waals surface area contributed by atoms with Crippen molar-refractivity contribution in [3.8, 4) is 11.5 Å². The number of aromatic amines is 1. The van der Waals surface area contributed by atoms with Crippen molar-refractivity contribution in [2.45, 2.75) is 26.3 Å². The number of anilines is 1. The van der Waals surface area contributed by atoms with Crippen molar-refractivity contribution in [2.75, 3.05) is 25.6 Å². The Kier molecular flexibility index (Phi) is 5.83. The number of methoxy groups -OCH3 is 1. The van der Waals surface area contributed by atoms with E-state index in [2.05, 4.69) is 20.5 Å². The van der Waals surface area contributed by atoms with E-state index in [1.807, 2.05) is 49.4 Å². The summed E-state index contributed by atoms with van der Waals surface area (Å²) in [5.41, 5.74) is 2.76. The van der Waals surface area contributed by atoms with Crippen LogP contribution in [0.25, 0.3) is 0 Å². The van der Waals surface area contributed by atoms with Gasteiger partial charge in [0.1, 0.15) is 5.82 Å². The molecule has 1 aromatic heterocycles. The summed E-state index contributed by atoms with van der Waals surface area (Å²) in [4.78, 5) is 19.0. The highest BCUT2D eigenvalue weighted by molar-refractivity contribution is 5.89. The molecule has 0 aliphatic carbocycles. The first-order valence-electron chi connectivity index (χ1n) is 9.94. The molecular weight excluding hydrogens is 382 g/mol. The van der Waals surface area contributed by atoms with Crippen molar-refractivity contribution < 1.29 is 14.3 Å². The number of nitrogens with one attached hydrogen (secondary N) is 2. The number of amides is 2. The van der Waals surface area contributed by atoms with Crippen molar-refractivity contribution in [3.63, 3.8) is 0 Å². The van der Waals surface area contributed by atoms with Gasteiger partial charge >= 0.3 is 6.03 Å². The van der Waals surface area contributed by atoms with E-state index in [4.69, 9.17) is 9.47 Å². The number of nitrogens with zero attached hydrogens (tertiary/aromatic N) is 3. The van der Waals surface area contributed by atoms with E-state index in [0.29, 0.717) is 37.6 Å². The van der Waals surface area contributed by atoms with Crippen LogP contribution in [0, 0.1) is 6.92 Å². The van der Waals surface area contributed by atoms with Gasteiger partial charge in [-0.1, -0.05) is 24.3 Å². The molecule has 0 atom stereocenters. The van der Waals surface area contributed by atoms with E-state index >= 15 is 0 Å². The van der Waals surface area contributed by atoms with Gasteiger partial charge in [-0.3, -0.25) is 5.10 Å². The first-order valence-corrected chi connectivity index (χ1v) is 9.94. The maximum absolute atomic E-state index is 12.9. The number of fused-ring (bicyclic) bond motifs is 1. The summed E-state index contributed by atoms with van der Waals surface area (Å²) in [6, 6.07) is 13.4. The van der Waals surface area contributed by atoms with Crippen molar-refractivity contribution in [3.05, 3.63) is 65.2 Å². The number of ether oxygens (including phenoxy) is 2.